The second kappa shape index (κ2) is 67.0. The van der Waals surface area contributed by atoms with Gasteiger partial charge in [-0.1, -0.05) is 87.7 Å². The molecule has 610 valence electrons. The Morgan fingerprint density at radius 1 is 0.505 bits per heavy atom. The first-order valence-corrected chi connectivity index (χ1v) is 32.1. The van der Waals surface area contributed by atoms with Crippen molar-refractivity contribution in [1.82, 2.24) is 29.9 Å². The minimum atomic E-state index is -1.19. The second-order valence-corrected chi connectivity index (χ2v) is 22.2. The molecule has 6 aromatic heterocycles. The first kappa shape index (κ1) is 120. The number of carbonyl (C=O) groups excluding carboxylic acids is 5. The number of esters is 3. The fourth-order valence-electron chi connectivity index (χ4n) is 7.47. The van der Waals surface area contributed by atoms with Crippen LogP contribution in [0.1, 0.15) is 244 Å². The van der Waals surface area contributed by atoms with E-state index in [4.69, 9.17) is 78.9 Å². The zero-order valence-electron chi connectivity index (χ0n) is 61.3. The Balaban J connectivity index is -0.000000127. The molecule has 0 fully saturated rings. The van der Waals surface area contributed by atoms with Crippen LogP contribution in [0.25, 0.3) is 4.85 Å². The van der Waals surface area contributed by atoms with Crippen LogP contribution in [0.15, 0.2) is 99.2 Å². The van der Waals surface area contributed by atoms with E-state index in [1.165, 1.54) is 52.7 Å². The van der Waals surface area contributed by atoms with Crippen molar-refractivity contribution < 1.29 is 76.9 Å². The summed E-state index contributed by atoms with van der Waals surface area (Å²) >= 11 is 11.3. The van der Waals surface area contributed by atoms with Crippen LogP contribution in [0.4, 0.5) is 0 Å². The molecule has 0 saturated heterocycles. The Bertz CT molecular complexity index is 3870. The van der Waals surface area contributed by atoms with E-state index in [1.54, 1.807) is 98.1 Å². The maximum atomic E-state index is 11.6. The van der Waals surface area contributed by atoms with E-state index < -0.39 is 35.0 Å². The number of ketones is 2. The largest absolute Gasteiger partial charge is 0.478 e. The highest BCUT2D eigenvalue weighted by Gasteiger charge is 2.19. The normalized spacial score (nSPS) is 9.39. The van der Waals surface area contributed by atoms with Gasteiger partial charge in [0.05, 0.1) is 60.8 Å². The molecule has 6 rings (SSSR count). The molecule has 30 heteroatoms. The summed E-state index contributed by atoms with van der Waals surface area (Å²) in [6, 6.07) is 13.7. The third-order valence-electron chi connectivity index (χ3n) is 12.1. The van der Waals surface area contributed by atoms with Gasteiger partial charge in [0.2, 0.25) is 0 Å². The lowest BCUT2D eigenvalue weighted by Gasteiger charge is -2.17. The number of pyridine rings is 6. The highest BCUT2D eigenvalue weighted by Crippen LogP contribution is 2.20. The number of nitrogens with zero attached hydrogens (tertiary/aromatic N) is 6. The Labute approximate surface area is 655 Å². The summed E-state index contributed by atoms with van der Waals surface area (Å²) in [4.78, 5) is 130. The first-order chi connectivity index (χ1) is 47.8. The predicted molar refractivity (Wildman–Crippen MR) is 431 cm³/mol. The van der Waals surface area contributed by atoms with Crippen LogP contribution in [0.3, 0.4) is 0 Å². The molecule has 6 heterocycles. The molecule has 0 aliphatic rings. The van der Waals surface area contributed by atoms with Gasteiger partial charge in [-0.25, -0.2) is 44.0 Å². The number of carbonyl (C=O) groups is 7. The average molecular weight is 1570 g/mol. The highest BCUT2D eigenvalue weighted by molar-refractivity contribution is 6.33. The van der Waals surface area contributed by atoms with Crippen molar-refractivity contribution in [3.05, 3.63) is 210 Å². The topological polar surface area (TPSA) is 414 Å². The van der Waals surface area contributed by atoms with E-state index in [0.717, 1.165) is 16.8 Å². The lowest BCUT2D eigenvalue weighted by molar-refractivity contribution is -0.150. The number of allylic oxidation sites excluding steroid dienone is 1. The Kier molecular flexibility index (Phi) is 73.6. The predicted octanol–water partition coefficient (Wildman–Crippen LogP) is 16.9. The van der Waals surface area contributed by atoms with Gasteiger partial charge in [0.25, 0.3) is 22.4 Å². The van der Waals surface area contributed by atoms with Crippen LogP contribution in [0.5, 0.6) is 0 Å². The van der Waals surface area contributed by atoms with E-state index in [0.29, 0.717) is 78.2 Å². The van der Waals surface area contributed by atoms with E-state index in [-0.39, 0.29) is 138 Å². The molecule has 28 nitrogen and oxygen atoms in total. The molecule has 0 aliphatic carbocycles. The highest BCUT2D eigenvalue weighted by atomic mass is 35.5. The monoisotopic (exact) mass is 1570 g/mol. The molecular formula is C79H121Cl2N9O19. The SMILES string of the molecule is C.C.C.C.C.C.C.CC(C)=O.CCOC(CC(C)=O)OCC.COC(=O)c1c(C)cc[nH]c1=O.Cc1cc[nH]c(=O)c1C#N.Cc1cc[nH]c(=O)c1C(=O)O.Cc1ccnc(C)c1C(=O)OC(C)C.Cc1ccnc(Cl)c1C(=O)O.Cc1ccnc(Cl)c1C(=O)OC(C)C.[C-]#[N+]/C(C#N)=C(\C)CC(OCC)OCC. The van der Waals surface area contributed by atoms with E-state index in [9.17, 15) is 47.9 Å². The maximum absolute atomic E-state index is 11.6. The third kappa shape index (κ3) is 50.0. The van der Waals surface area contributed by atoms with Crippen LogP contribution in [-0.4, -0.2) is 140 Å². The number of aryl methyl sites for hydroxylation is 7. The summed E-state index contributed by atoms with van der Waals surface area (Å²) in [5.74, 6) is -3.28. The van der Waals surface area contributed by atoms with Crippen molar-refractivity contribution >= 4 is 64.6 Å². The number of aromatic carboxylic acids is 2. The van der Waals surface area contributed by atoms with Gasteiger partial charge in [-0.2, -0.15) is 5.26 Å². The molecule has 5 N–H and O–H groups in total. The lowest BCUT2D eigenvalue weighted by Crippen LogP contribution is -2.20. The molecule has 0 amide bonds. The van der Waals surface area contributed by atoms with Crippen LogP contribution in [-0.2, 0) is 42.7 Å². The summed E-state index contributed by atoms with van der Waals surface area (Å²) < 4.78 is 35.5. The average Bonchev–Trinajstić information content (AvgIpc) is 0.870. The van der Waals surface area contributed by atoms with Gasteiger partial charge in [-0.15, -0.1) is 0 Å². The van der Waals surface area contributed by atoms with Crippen LogP contribution < -0.4 is 16.7 Å². The Morgan fingerprint density at radius 2 is 0.835 bits per heavy atom. The zero-order valence-corrected chi connectivity index (χ0v) is 62.8. The maximum Gasteiger partial charge on any atom is 0.343 e. The van der Waals surface area contributed by atoms with Crippen LogP contribution in [0.2, 0.25) is 10.3 Å². The molecule has 0 saturated carbocycles. The fourth-order valence-corrected chi connectivity index (χ4v) is 8.03. The van der Waals surface area contributed by atoms with Gasteiger partial charge in [0.1, 0.15) is 44.6 Å². The number of ether oxygens (including phenoxy) is 7. The quantitative estimate of drug-likeness (QED) is 0.0126. The van der Waals surface area contributed by atoms with E-state index in [1.807, 2.05) is 73.6 Å². The number of hydrogen-bond donors (Lipinski definition) is 5. The molecule has 0 spiro atoms. The van der Waals surface area contributed by atoms with Gasteiger partial charge in [-0.3, -0.25) is 24.2 Å². The third-order valence-corrected chi connectivity index (χ3v) is 12.6. The van der Waals surface area contributed by atoms with Gasteiger partial charge in [-0.05, 0) is 194 Å². The summed E-state index contributed by atoms with van der Waals surface area (Å²) in [7, 11) is 1.24. The van der Waals surface area contributed by atoms with Gasteiger partial charge >= 0.3 is 29.8 Å². The number of hydrogen-bond acceptors (Lipinski definition) is 22. The first-order valence-electron chi connectivity index (χ1n) is 31.3. The number of H-pyrrole nitrogens is 3. The van der Waals surface area contributed by atoms with E-state index in [2.05, 4.69) is 39.5 Å². The molecule has 0 unspecified atom stereocenters. The van der Waals surface area contributed by atoms with E-state index >= 15 is 0 Å². The minimum absolute atomic E-state index is 0. The van der Waals surface area contributed by atoms with Crippen molar-refractivity contribution in [1.29, 1.82) is 10.5 Å². The smallest absolute Gasteiger partial charge is 0.343 e. The summed E-state index contributed by atoms with van der Waals surface area (Å²) in [6.07, 6.45) is 9.03. The summed E-state index contributed by atoms with van der Waals surface area (Å²) in [5.41, 5.74) is 5.46. The van der Waals surface area contributed by atoms with Crippen LogP contribution in [0, 0.1) is 77.7 Å². The van der Waals surface area contributed by atoms with Crippen molar-refractivity contribution in [2.75, 3.05) is 33.5 Å². The second-order valence-electron chi connectivity index (χ2n) is 21.4. The van der Waals surface area contributed by atoms with Crippen LogP contribution >= 0.6 is 23.2 Å². The number of aromatic nitrogens is 6. The molecule has 0 aromatic carbocycles. The van der Waals surface area contributed by atoms with Gasteiger partial charge < -0.3 is 63.1 Å². The van der Waals surface area contributed by atoms with Crippen molar-refractivity contribution in [2.24, 2.45) is 0 Å². The minimum Gasteiger partial charge on any atom is -0.478 e. The lowest BCUT2D eigenvalue weighted by atomic mass is 10.1. The van der Waals surface area contributed by atoms with Crippen molar-refractivity contribution in [2.45, 2.75) is 221 Å². The number of halogens is 2. The number of nitrogens with one attached hydrogen (secondary N) is 3. The number of carboxylic acid groups (broad SMARTS) is 2. The molecule has 109 heavy (non-hydrogen) atoms. The standard InChI is InChI=1S/C11H16N2O2.C11H15NO2.C10H12ClNO2.C8H9NO3.C8H16O3.C7H6ClNO2.C7H6N2O.C7H7NO3.C3H6O.7CH4/c1-5-14-11(15-6-2)7-9(3)10(8-12)13-4;1-7(2)14-11(13)10-8(3)5-6-12-9(10)4;1-6(2)14-10(13)8-7(3)4-5-12-9(8)11;1-5-3-4-9-7(10)6(5)8(11)12-2;1-4-10-8(11-5-2)6-7(3)9;1-4-2-3-9-6(8)5(4)7(10)11;1-5-2-3-9-7(10)6(5)4-8;1-4-2-3-8-6(9)5(4)7(10)11;1-3(2)4;;;;;;;/h11H,5-7H2,1-3H3;5-7H,1-4H3;4-6H,1-3H3;3-4H,1-2H3,(H,9,10);8H,4-6H2,1-3H3;2-3H,1H3,(H,10,11);2-3H,1H3,(H,9,10);2-3H,1H3,(H,8,9)(H,10,11);1-2H3;7*1H4/b10-9+;;;;;;;;;;;;;;;. The molecule has 0 radical (unpaired) electrons. The number of nitriles is 2. The van der Waals surface area contributed by atoms with Crippen molar-refractivity contribution in [3.8, 4) is 12.1 Å². The van der Waals surface area contributed by atoms with Crippen molar-refractivity contribution in [3.63, 3.8) is 0 Å². The Morgan fingerprint density at radius 3 is 1.11 bits per heavy atom. The number of Topliss-reactive ketones (excluding diaryl/α,β-unsaturated/α-hetero) is 2. The van der Waals surface area contributed by atoms with Gasteiger partial charge in [0.15, 0.2) is 12.6 Å². The number of aromatic amines is 3. The number of carboxylic acids is 2. The molecule has 0 bridgehead atoms. The Hall–Kier alpha value is -10.4. The number of rotatable bonds is 19. The molecular weight excluding hydrogens is 1450 g/mol. The molecule has 0 atom stereocenters. The summed E-state index contributed by atoms with van der Waals surface area (Å²) in [5, 5.41) is 34.5. The zero-order chi connectivity index (χ0) is 78.9. The molecule has 6 aromatic rings. The fraction of sp³-hybridized carbons (Fsp3) is 0.468. The number of methoxy groups -OCH3 is 1. The molecule has 0 aliphatic heterocycles. The van der Waals surface area contributed by atoms with Gasteiger partial charge in [0, 0.05) is 70.0 Å². The summed E-state index contributed by atoms with van der Waals surface area (Å²) in [6.45, 7) is 42.3.